The average Bonchev–Trinajstić information content (AvgIpc) is 2.41. The molecule has 1 heterocycles. The Labute approximate surface area is 116 Å². The van der Waals surface area contributed by atoms with Crippen molar-refractivity contribution < 1.29 is 0 Å². The van der Waals surface area contributed by atoms with Gasteiger partial charge in [-0.2, -0.15) is 5.26 Å². The van der Waals surface area contributed by atoms with Gasteiger partial charge in [0.2, 0.25) is 0 Å². The Morgan fingerprint density at radius 3 is 2.89 bits per heavy atom. The van der Waals surface area contributed by atoms with Crippen molar-refractivity contribution in [3.63, 3.8) is 0 Å². The van der Waals surface area contributed by atoms with Gasteiger partial charge in [0.1, 0.15) is 6.07 Å². The molecule has 2 rings (SSSR count). The summed E-state index contributed by atoms with van der Waals surface area (Å²) in [5, 5.41) is 12.8. The Hall–Kier alpha value is -2.25. The minimum absolute atomic E-state index is 0.0116. The summed E-state index contributed by atoms with van der Waals surface area (Å²) in [5.41, 5.74) is 7.67. The van der Waals surface area contributed by atoms with Crippen molar-refractivity contribution in [2.75, 3.05) is 11.1 Å². The van der Waals surface area contributed by atoms with Gasteiger partial charge in [-0.15, -0.1) is 0 Å². The lowest BCUT2D eigenvalue weighted by molar-refractivity contribution is 0.875. The van der Waals surface area contributed by atoms with Gasteiger partial charge < -0.3 is 11.1 Å². The van der Waals surface area contributed by atoms with E-state index in [0.717, 1.165) is 5.56 Å². The Balaban J connectivity index is 2.25. The first-order valence-electron chi connectivity index (χ1n) is 5.78. The van der Waals surface area contributed by atoms with Crippen LogP contribution < -0.4 is 11.1 Å². The van der Waals surface area contributed by atoms with Crippen molar-refractivity contribution in [1.29, 1.82) is 5.26 Å². The number of nitriles is 1. The number of pyridine rings is 1. The van der Waals surface area contributed by atoms with Gasteiger partial charge in [-0.25, -0.2) is 4.98 Å². The molecule has 0 saturated carbocycles. The Morgan fingerprint density at radius 2 is 2.21 bits per heavy atom. The molecular formula is C14H13ClN4. The number of rotatable bonds is 3. The van der Waals surface area contributed by atoms with Gasteiger partial charge in [0.15, 0.2) is 5.82 Å². The Kier molecular flexibility index (Phi) is 3.88. The zero-order valence-corrected chi connectivity index (χ0v) is 11.1. The molecule has 0 saturated heterocycles. The van der Waals surface area contributed by atoms with E-state index < -0.39 is 0 Å². The van der Waals surface area contributed by atoms with E-state index in [1.807, 2.05) is 37.3 Å². The lowest BCUT2D eigenvalue weighted by Gasteiger charge is -2.16. The first kappa shape index (κ1) is 13.2. The van der Waals surface area contributed by atoms with E-state index in [0.29, 0.717) is 22.1 Å². The van der Waals surface area contributed by atoms with Crippen LogP contribution in [0.4, 0.5) is 11.5 Å². The standard InChI is InChI=1S/C14H13ClN4/c1-9(10-3-2-4-12(15)7-10)19-14-13(17)11(8-16)5-6-18-14/h2-7,9H,17H2,1H3,(H,18,19). The normalized spacial score (nSPS) is 11.6. The number of nitrogens with one attached hydrogen (secondary N) is 1. The monoisotopic (exact) mass is 272 g/mol. The summed E-state index contributed by atoms with van der Waals surface area (Å²) < 4.78 is 0. The highest BCUT2D eigenvalue weighted by Gasteiger charge is 2.10. The van der Waals surface area contributed by atoms with Gasteiger partial charge in [-0.1, -0.05) is 23.7 Å². The lowest BCUT2D eigenvalue weighted by Crippen LogP contribution is -2.10. The average molecular weight is 273 g/mol. The Morgan fingerprint density at radius 1 is 1.42 bits per heavy atom. The van der Waals surface area contributed by atoms with E-state index in [1.54, 1.807) is 12.3 Å². The van der Waals surface area contributed by atoms with Gasteiger partial charge >= 0.3 is 0 Å². The fourth-order valence-electron chi connectivity index (χ4n) is 1.75. The molecule has 1 atom stereocenters. The third-order valence-corrected chi connectivity index (χ3v) is 3.05. The zero-order chi connectivity index (χ0) is 13.8. The maximum Gasteiger partial charge on any atom is 0.151 e. The highest BCUT2D eigenvalue weighted by molar-refractivity contribution is 6.30. The van der Waals surface area contributed by atoms with E-state index in [1.165, 1.54) is 0 Å². The molecule has 0 spiro atoms. The smallest absolute Gasteiger partial charge is 0.151 e. The van der Waals surface area contributed by atoms with Crippen LogP contribution in [-0.4, -0.2) is 4.98 Å². The molecule has 4 nitrogen and oxygen atoms in total. The van der Waals surface area contributed by atoms with Gasteiger partial charge in [-0.05, 0) is 30.7 Å². The number of hydrogen-bond donors (Lipinski definition) is 2. The van der Waals surface area contributed by atoms with Crippen LogP contribution in [0.1, 0.15) is 24.1 Å². The van der Waals surface area contributed by atoms with Crippen molar-refractivity contribution >= 4 is 23.1 Å². The number of benzene rings is 1. The molecular weight excluding hydrogens is 260 g/mol. The predicted octanol–water partition coefficient (Wildman–Crippen LogP) is 3.36. The van der Waals surface area contributed by atoms with Crippen LogP contribution >= 0.6 is 11.6 Å². The molecule has 2 aromatic rings. The quantitative estimate of drug-likeness (QED) is 0.898. The van der Waals surface area contributed by atoms with E-state index >= 15 is 0 Å². The summed E-state index contributed by atoms with van der Waals surface area (Å²) in [6, 6.07) is 11.2. The minimum atomic E-state index is -0.0116. The number of nitrogen functional groups attached to an aromatic ring is 1. The first-order valence-corrected chi connectivity index (χ1v) is 6.16. The number of anilines is 2. The van der Waals surface area contributed by atoms with Crippen molar-refractivity contribution in [3.05, 3.63) is 52.7 Å². The van der Waals surface area contributed by atoms with Crippen molar-refractivity contribution in [1.82, 2.24) is 4.98 Å². The van der Waals surface area contributed by atoms with Gasteiger partial charge in [0.25, 0.3) is 0 Å². The number of halogens is 1. The summed E-state index contributed by atoms with van der Waals surface area (Å²) in [4.78, 5) is 4.15. The van der Waals surface area contributed by atoms with Crippen molar-refractivity contribution in [2.45, 2.75) is 13.0 Å². The second-order valence-corrected chi connectivity index (χ2v) is 4.59. The van der Waals surface area contributed by atoms with Gasteiger partial charge in [-0.3, -0.25) is 0 Å². The molecule has 0 aliphatic carbocycles. The second kappa shape index (κ2) is 5.59. The van der Waals surface area contributed by atoms with E-state index in [4.69, 9.17) is 22.6 Å². The summed E-state index contributed by atoms with van der Waals surface area (Å²) in [6.45, 7) is 1.98. The van der Waals surface area contributed by atoms with Crippen LogP contribution in [0, 0.1) is 11.3 Å². The fourth-order valence-corrected chi connectivity index (χ4v) is 1.95. The van der Waals surface area contributed by atoms with Crippen molar-refractivity contribution in [3.8, 4) is 6.07 Å². The number of nitrogens with zero attached hydrogens (tertiary/aromatic N) is 2. The van der Waals surface area contributed by atoms with Crippen LogP contribution in [0.25, 0.3) is 0 Å². The molecule has 0 amide bonds. The summed E-state index contributed by atoms with van der Waals surface area (Å²) in [6.07, 6.45) is 1.56. The van der Waals surface area contributed by atoms with Crippen LogP contribution in [0.3, 0.4) is 0 Å². The zero-order valence-electron chi connectivity index (χ0n) is 10.4. The molecule has 3 N–H and O–H groups in total. The summed E-state index contributed by atoms with van der Waals surface area (Å²) in [7, 11) is 0. The van der Waals surface area contributed by atoms with Gasteiger partial charge in [0.05, 0.1) is 17.3 Å². The third-order valence-electron chi connectivity index (χ3n) is 2.81. The fraction of sp³-hybridized carbons (Fsp3) is 0.143. The van der Waals surface area contributed by atoms with E-state index in [-0.39, 0.29) is 6.04 Å². The van der Waals surface area contributed by atoms with Crippen LogP contribution in [-0.2, 0) is 0 Å². The molecule has 0 radical (unpaired) electrons. The molecule has 1 aromatic carbocycles. The maximum atomic E-state index is 8.93. The molecule has 1 aromatic heterocycles. The van der Waals surface area contributed by atoms with Crippen molar-refractivity contribution in [2.24, 2.45) is 0 Å². The van der Waals surface area contributed by atoms with E-state index in [2.05, 4.69) is 10.3 Å². The molecule has 0 fully saturated rings. The minimum Gasteiger partial charge on any atom is -0.395 e. The molecule has 0 bridgehead atoms. The highest BCUT2D eigenvalue weighted by atomic mass is 35.5. The second-order valence-electron chi connectivity index (χ2n) is 4.15. The number of nitrogens with two attached hydrogens (primary N) is 1. The molecule has 19 heavy (non-hydrogen) atoms. The van der Waals surface area contributed by atoms with Gasteiger partial charge in [0, 0.05) is 11.2 Å². The lowest BCUT2D eigenvalue weighted by atomic mass is 10.1. The molecule has 1 unspecified atom stereocenters. The Bertz CT molecular complexity index is 634. The number of aromatic nitrogens is 1. The molecule has 96 valence electrons. The topological polar surface area (TPSA) is 74.7 Å². The SMILES string of the molecule is CC(Nc1nccc(C#N)c1N)c1cccc(Cl)c1. The predicted molar refractivity (Wildman–Crippen MR) is 76.9 cm³/mol. The molecule has 0 aliphatic heterocycles. The maximum absolute atomic E-state index is 8.93. The van der Waals surface area contributed by atoms with Crippen LogP contribution in [0.15, 0.2) is 36.5 Å². The number of hydrogen-bond acceptors (Lipinski definition) is 4. The first-order chi connectivity index (χ1) is 9.11. The largest absolute Gasteiger partial charge is 0.395 e. The molecule has 5 heteroatoms. The summed E-state index contributed by atoms with van der Waals surface area (Å²) >= 11 is 5.96. The molecule has 0 aliphatic rings. The van der Waals surface area contributed by atoms with E-state index in [9.17, 15) is 0 Å². The highest BCUT2D eigenvalue weighted by Crippen LogP contribution is 2.25. The summed E-state index contributed by atoms with van der Waals surface area (Å²) in [5.74, 6) is 0.506. The van der Waals surface area contributed by atoms with Crippen LogP contribution in [0.2, 0.25) is 5.02 Å². The van der Waals surface area contributed by atoms with Crippen LogP contribution in [0.5, 0.6) is 0 Å². The third kappa shape index (κ3) is 2.95.